The van der Waals surface area contributed by atoms with Gasteiger partial charge in [-0.2, -0.15) is 0 Å². The average molecular weight is 246 g/mol. The second kappa shape index (κ2) is 5.68. The molecule has 98 valence electrons. The van der Waals surface area contributed by atoms with E-state index >= 15 is 0 Å². The number of hydrogen-bond acceptors (Lipinski definition) is 2. The molecule has 1 aromatic rings. The first-order chi connectivity index (χ1) is 8.69. The monoisotopic (exact) mass is 246 g/mol. The van der Waals surface area contributed by atoms with Gasteiger partial charge in [-0.3, -0.25) is 0 Å². The number of benzene rings is 1. The lowest BCUT2D eigenvalue weighted by atomic mass is 9.87. The maximum atomic E-state index is 5.40. The number of hydrogen-bond donors (Lipinski definition) is 0. The molecule has 1 atom stereocenters. The zero-order valence-corrected chi connectivity index (χ0v) is 11.7. The van der Waals surface area contributed by atoms with Crippen LogP contribution in [0, 0.1) is 0 Å². The van der Waals surface area contributed by atoms with Crippen molar-refractivity contribution in [2.75, 3.05) is 27.4 Å². The van der Waals surface area contributed by atoms with Gasteiger partial charge in [-0.05, 0) is 28.2 Å². The van der Waals surface area contributed by atoms with Gasteiger partial charge in [-0.1, -0.05) is 38.1 Å². The van der Waals surface area contributed by atoms with Gasteiger partial charge in [0.2, 0.25) is 0 Å². The Morgan fingerprint density at radius 2 is 1.94 bits per heavy atom. The second-order valence-electron chi connectivity index (χ2n) is 5.17. The molecular weight excluding hydrogens is 224 g/mol. The first-order valence-corrected chi connectivity index (χ1v) is 6.50. The Hall–Kier alpha value is -1.12. The van der Waals surface area contributed by atoms with E-state index in [1.807, 2.05) is 0 Å². The van der Waals surface area contributed by atoms with Crippen LogP contribution in [-0.2, 0) is 9.47 Å². The van der Waals surface area contributed by atoms with E-state index in [9.17, 15) is 0 Å². The van der Waals surface area contributed by atoms with Gasteiger partial charge in [0.1, 0.15) is 0 Å². The molecule has 0 amide bonds. The van der Waals surface area contributed by atoms with Gasteiger partial charge in [0.25, 0.3) is 0 Å². The Kier molecular flexibility index (Phi) is 4.20. The first kappa shape index (κ1) is 13.3. The number of methoxy groups -OCH3 is 2. The van der Waals surface area contributed by atoms with E-state index < -0.39 is 0 Å². The average Bonchev–Trinajstić information content (AvgIpc) is 2.68. The summed E-state index contributed by atoms with van der Waals surface area (Å²) in [6.07, 6.45) is 2.26. The molecule has 0 radical (unpaired) electrons. The quantitative estimate of drug-likeness (QED) is 0.790. The van der Waals surface area contributed by atoms with E-state index in [0.717, 1.165) is 6.61 Å². The minimum Gasteiger partial charge on any atom is -0.384 e. The number of ether oxygens (including phenoxy) is 2. The molecule has 2 nitrogen and oxygen atoms in total. The van der Waals surface area contributed by atoms with Crippen LogP contribution in [0.3, 0.4) is 0 Å². The minimum atomic E-state index is 0.351. The largest absolute Gasteiger partial charge is 0.384 e. The van der Waals surface area contributed by atoms with Crippen molar-refractivity contribution in [1.82, 2.24) is 0 Å². The fourth-order valence-electron chi connectivity index (χ4n) is 2.79. The Morgan fingerprint density at radius 1 is 1.17 bits per heavy atom. The van der Waals surface area contributed by atoms with Gasteiger partial charge in [-0.15, -0.1) is 0 Å². The van der Waals surface area contributed by atoms with E-state index in [4.69, 9.17) is 9.47 Å². The van der Waals surface area contributed by atoms with Crippen molar-refractivity contribution in [3.8, 4) is 0 Å². The SMILES string of the molecule is COCC1=Cc2cccc(C(C)C)c2C1COC. The molecule has 0 saturated carbocycles. The van der Waals surface area contributed by atoms with Crippen LogP contribution in [0.15, 0.2) is 23.8 Å². The predicted octanol–water partition coefficient (Wildman–Crippen LogP) is 3.58. The molecule has 1 aromatic carbocycles. The summed E-state index contributed by atoms with van der Waals surface area (Å²) in [5, 5.41) is 0. The molecule has 18 heavy (non-hydrogen) atoms. The smallest absolute Gasteiger partial charge is 0.0683 e. The third-order valence-electron chi connectivity index (χ3n) is 3.58. The summed E-state index contributed by atoms with van der Waals surface area (Å²) in [5.41, 5.74) is 5.51. The molecule has 0 bridgehead atoms. The highest BCUT2D eigenvalue weighted by molar-refractivity contribution is 5.69. The summed E-state index contributed by atoms with van der Waals surface area (Å²) < 4.78 is 10.7. The van der Waals surface area contributed by atoms with Gasteiger partial charge < -0.3 is 9.47 Å². The standard InChI is InChI=1S/C16H22O2/c1-11(2)14-7-5-6-12-8-13(9-17-3)15(10-18-4)16(12)14/h5-8,11,15H,9-10H2,1-4H3. The summed E-state index contributed by atoms with van der Waals surface area (Å²) >= 11 is 0. The lowest BCUT2D eigenvalue weighted by Gasteiger charge is -2.20. The molecule has 2 rings (SSSR count). The normalized spacial score (nSPS) is 18.1. The van der Waals surface area contributed by atoms with Crippen molar-refractivity contribution >= 4 is 6.08 Å². The molecule has 0 aliphatic heterocycles. The molecule has 0 heterocycles. The predicted molar refractivity (Wildman–Crippen MR) is 75.0 cm³/mol. The lowest BCUT2D eigenvalue weighted by Crippen LogP contribution is -2.12. The first-order valence-electron chi connectivity index (χ1n) is 6.50. The molecule has 0 N–H and O–H groups in total. The number of rotatable bonds is 5. The van der Waals surface area contributed by atoms with Crippen LogP contribution in [0.25, 0.3) is 6.08 Å². The van der Waals surface area contributed by atoms with Gasteiger partial charge >= 0.3 is 0 Å². The van der Waals surface area contributed by atoms with Gasteiger partial charge in [0.15, 0.2) is 0 Å². The molecule has 0 spiro atoms. The third kappa shape index (κ3) is 2.36. The Bertz CT molecular complexity index is 446. The van der Waals surface area contributed by atoms with E-state index in [1.165, 1.54) is 22.3 Å². The van der Waals surface area contributed by atoms with E-state index in [2.05, 4.69) is 38.1 Å². The van der Waals surface area contributed by atoms with Crippen LogP contribution in [0.5, 0.6) is 0 Å². The van der Waals surface area contributed by atoms with Crippen molar-refractivity contribution in [3.05, 3.63) is 40.5 Å². The van der Waals surface area contributed by atoms with Crippen molar-refractivity contribution in [3.63, 3.8) is 0 Å². The van der Waals surface area contributed by atoms with Crippen LogP contribution < -0.4 is 0 Å². The van der Waals surface area contributed by atoms with Gasteiger partial charge in [0, 0.05) is 20.1 Å². The van der Waals surface area contributed by atoms with E-state index in [1.54, 1.807) is 14.2 Å². The molecule has 1 unspecified atom stereocenters. The van der Waals surface area contributed by atoms with Crippen molar-refractivity contribution in [2.45, 2.75) is 25.7 Å². The van der Waals surface area contributed by atoms with Crippen molar-refractivity contribution in [2.24, 2.45) is 0 Å². The highest BCUT2D eigenvalue weighted by Crippen LogP contribution is 2.40. The molecule has 2 heteroatoms. The molecule has 1 aliphatic rings. The van der Waals surface area contributed by atoms with Crippen molar-refractivity contribution in [1.29, 1.82) is 0 Å². The summed E-state index contributed by atoms with van der Waals surface area (Å²) in [5.74, 6) is 0.887. The zero-order valence-electron chi connectivity index (χ0n) is 11.7. The summed E-state index contributed by atoms with van der Waals surface area (Å²) in [4.78, 5) is 0. The fraction of sp³-hybridized carbons (Fsp3) is 0.500. The van der Waals surface area contributed by atoms with E-state index in [0.29, 0.717) is 18.4 Å². The summed E-state index contributed by atoms with van der Waals surface area (Å²) in [6.45, 7) is 5.90. The van der Waals surface area contributed by atoms with Crippen LogP contribution in [0.1, 0.15) is 42.4 Å². The highest BCUT2D eigenvalue weighted by Gasteiger charge is 2.28. The lowest BCUT2D eigenvalue weighted by molar-refractivity contribution is 0.174. The topological polar surface area (TPSA) is 18.5 Å². The molecule has 0 saturated heterocycles. The van der Waals surface area contributed by atoms with Gasteiger partial charge in [0.05, 0.1) is 13.2 Å². The van der Waals surface area contributed by atoms with Crippen molar-refractivity contribution < 1.29 is 9.47 Å². The Labute approximate surface area is 110 Å². The van der Waals surface area contributed by atoms with Crippen LogP contribution in [-0.4, -0.2) is 27.4 Å². The highest BCUT2D eigenvalue weighted by atomic mass is 16.5. The minimum absolute atomic E-state index is 0.351. The number of fused-ring (bicyclic) bond motifs is 1. The second-order valence-corrected chi connectivity index (χ2v) is 5.17. The van der Waals surface area contributed by atoms with Crippen LogP contribution in [0.2, 0.25) is 0 Å². The molecular formula is C16H22O2. The maximum absolute atomic E-state index is 5.40. The van der Waals surface area contributed by atoms with Crippen LogP contribution in [0.4, 0.5) is 0 Å². The molecule has 1 aliphatic carbocycles. The zero-order chi connectivity index (χ0) is 13.1. The fourth-order valence-corrected chi connectivity index (χ4v) is 2.79. The van der Waals surface area contributed by atoms with Crippen LogP contribution >= 0.6 is 0 Å². The van der Waals surface area contributed by atoms with E-state index in [-0.39, 0.29) is 0 Å². The maximum Gasteiger partial charge on any atom is 0.0683 e. The third-order valence-corrected chi connectivity index (χ3v) is 3.58. The summed E-state index contributed by atoms with van der Waals surface area (Å²) in [6, 6.07) is 6.56. The van der Waals surface area contributed by atoms with Gasteiger partial charge in [-0.25, -0.2) is 0 Å². The Balaban J connectivity index is 2.43. The molecule has 0 fully saturated rings. The molecule has 0 aromatic heterocycles. The Morgan fingerprint density at radius 3 is 2.56 bits per heavy atom. The summed E-state index contributed by atoms with van der Waals surface area (Å²) in [7, 11) is 3.51.